The maximum Gasteiger partial charge on any atom is 0.124 e. The van der Waals surface area contributed by atoms with Gasteiger partial charge in [0.15, 0.2) is 0 Å². The lowest BCUT2D eigenvalue weighted by Crippen LogP contribution is -2.17. The molecule has 0 saturated carbocycles. The summed E-state index contributed by atoms with van der Waals surface area (Å²) in [6.45, 7) is 2.08. The Morgan fingerprint density at radius 3 is 2.61 bits per heavy atom. The highest BCUT2D eigenvalue weighted by Crippen LogP contribution is 2.35. The van der Waals surface area contributed by atoms with Crippen molar-refractivity contribution >= 4 is 49.9 Å². The molecule has 1 N–H and O–H groups in total. The van der Waals surface area contributed by atoms with Crippen LogP contribution in [0.25, 0.3) is 0 Å². The van der Waals surface area contributed by atoms with Crippen molar-refractivity contribution in [1.29, 1.82) is 0 Å². The van der Waals surface area contributed by atoms with Crippen molar-refractivity contribution < 1.29 is 4.39 Å². The second-order valence-electron chi connectivity index (χ2n) is 3.94. The molecule has 0 fully saturated rings. The molecule has 1 heterocycles. The van der Waals surface area contributed by atoms with E-state index in [2.05, 4.69) is 56.8 Å². The molecular formula is C13H12BrFINS. The highest BCUT2D eigenvalue weighted by atomic mass is 127. The van der Waals surface area contributed by atoms with Gasteiger partial charge in [-0.05, 0) is 76.3 Å². The molecule has 1 unspecified atom stereocenters. The number of rotatable bonds is 3. The van der Waals surface area contributed by atoms with Crippen LogP contribution in [0, 0.1) is 16.3 Å². The van der Waals surface area contributed by atoms with E-state index < -0.39 is 0 Å². The van der Waals surface area contributed by atoms with Crippen LogP contribution >= 0.6 is 49.9 Å². The van der Waals surface area contributed by atoms with Crippen molar-refractivity contribution in [1.82, 2.24) is 5.32 Å². The average molecular weight is 440 g/mol. The predicted octanol–water partition coefficient (Wildman–Crippen LogP) is 4.87. The van der Waals surface area contributed by atoms with Gasteiger partial charge in [0.2, 0.25) is 0 Å². The van der Waals surface area contributed by atoms with Gasteiger partial charge >= 0.3 is 0 Å². The number of nitrogens with one attached hydrogen (secondary N) is 1. The molecule has 18 heavy (non-hydrogen) atoms. The molecule has 0 saturated heterocycles. The van der Waals surface area contributed by atoms with Crippen molar-refractivity contribution in [2.75, 3.05) is 7.05 Å². The van der Waals surface area contributed by atoms with Gasteiger partial charge in [-0.3, -0.25) is 0 Å². The summed E-state index contributed by atoms with van der Waals surface area (Å²) in [4.78, 5) is 2.48. The zero-order valence-electron chi connectivity index (χ0n) is 9.93. The smallest absolute Gasteiger partial charge is 0.124 e. The Morgan fingerprint density at radius 2 is 2.11 bits per heavy atom. The standard InChI is InChI=1S/C13H12BrFINS/c1-7-10(14)6-12(18-7)13(17-2)9-4-3-8(15)5-11(9)16/h3-6,13,17H,1-2H3. The molecule has 0 amide bonds. The van der Waals surface area contributed by atoms with E-state index in [1.54, 1.807) is 17.4 Å². The van der Waals surface area contributed by atoms with Crippen LogP contribution in [-0.2, 0) is 0 Å². The zero-order valence-corrected chi connectivity index (χ0v) is 14.5. The number of hydrogen-bond acceptors (Lipinski definition) is 2. The molecule has 0 aliphatic carbocycles. The van der Waals surface area contributed by atoms with Gasteiger partial charge in [-0.2, -0.15) is 0 Å². The number of aryl methyl sites for hydroxylation is 1. The molecule has 0 aliphatic heterocycles. The van der Waals surface area contributed by atoms with Crippen LogP contribution in [0.1, 0.15) is 21.4 Å². The third-order valence-corrected chi connectivity index (χ3v) is 5.86. The summed E-state index contributed by atoms with van der Waals surface area (Å²) in [5.41, 5.74) is 1.10. The molecule has 0 spiro atoms. The summed E-state index contributed by atoms with van der Waals surface area (Å²) < 4.78 is 15.2. The lowest BCUT2D eigenvalue weighted by Gasteiger charge is -2.16. The number of hydrogen-bond donors (Lipinski definition) is 1. The average Bonchev–Trinajstić information content (AvgIpc) is 2.63. The maximum atomic E-state index is 13.2. The highest BCUT2D eigenvalue weighted by Gasteiger charge is 2.18. The number of halogens is 3. The Kier molecular flexibility index (Phi) is 4.80. The van der Waals surface area contributed by atoms with E-state index in [0.717, 1.165) is 13.6 Å². The van der Waals surface area contributed by atoms with Crippen molar-refractivity contribution in [3.8, 4) is 0 Å². The summed E-state index contributed by atoms with van der Waals surface area (Å²) >= 11 is 7.47. The molecule has 1 aromatic heterocycles. The van der Waals surface area contributed by atoms with E-state index in [-0.39, 0.29) is 11.9 Å². The first kappa shape index (κ1) is 14.4. The van der Waals surface area contributed by atoms with Crippen molar-refractivity contribution in [3.05, 3.63) is 53.4 Å². The molecule has 0 radical (unpaired) electrons. The summed E-state index contributed by atoms with van der Waals surface area (Å²) in [5.74, 6) is -0.193. The molecular weight excluding hydrogens is 428 g/mol. The van der Waals surface area contributed by atoms with E-state index in [1.807, 2.05) is 13.1 Å². The Morgan fingerprint density at radius 1 is 1.39 bits per heavy atom. The van der Waals surface area contributed by atoms with E-state index in [1.165, 1.54) is 15.8 Å². The predicted molar refractivity (Wildman–Crippen MR) is 86.8 cm³/mol. The molecule has 0 bridgehead atoms. The lowest BCUT2D eigenvalue weighted by atomic mass is 10.1. The summed E-state index contributed by atoms with van der Waals surface area (Å²) in [6, 6.07) is 7.15. The Labute approximate surface area is 132 Å². The summed E-state index contributed by atoms with van der Waals surface area (Å²) in [6.07, 6.45) is 0. The molecule has 1 aromatic carbocycles. The van der Waals surface area contributed by atoms with Gasteiger partial charge < -0.3 is 5.32 Å². The second-order valence-corrected chi connectivity index (χ2v) is 7.24. The fraction of sp³-hybridized carbons (Fsp3) is 0.231. The molecule has 2 aromatic rings. The monoisotopic (exact) mass is 439 g/mol. The third kappa shape index (κ3) is 2.95. The Bertz CT molecular complexity index is 551. The SMILES string of the molecule is CNC(c1cc(Br)c(C)s1)c1ccc(F)cc1I. The minimum Gasteiger partial charge on any atom is -0.309 e. The van der Waals surface area contributed by atoms with Crippen molar-refractivity contribution in [2.45, 2.75) is 13.0 Å². The molecule has 1 atom stereocenters. The highest BCUT2D eigenvalue weighted by molar-refractivity contribution is 14.1. The van der Waals surface area contributed by atoms with E-state index >= 15 is 0 Å². The molecule has 5 heteroatoms. The van der Waals surface area contributed by atoms with Gasteiger partial charge in [0, 0.05) is 17.8 Å². The lowest BCUT2D eigenvalue weighted by molar-refractivity contribution is 0.622. The first-order valence-corrected chi connectivity index (χ1v) is 8.09. The van der Waals surface area contributed by atoms with Crippen LogP contribution in [0.5, 0.6) is 0 Å². The van der Waals surface area contributed by atoms with Crippen molar-refractivity contribution in [3.63, 3.8) is 0 Å². The van der Waals surface area contributed by atoms with E-state index in [9.17, 15) is 4.39 Å². The van der Waals surface area contributed by atoms with Crippen LogP contribution in [0.3, 0.4) is 0 Å². The largest absolute Gasteiger partial charge is 0.309 e. The number of benzene rings is 1. The quantitative estimate of drug-likeness (QED) is 0.672. The van der Waals surface area contributed by atoms with E-state index in [0.29, 0.717) is 0 Å². The topological polar surface area (TPSA) is 12.0 Å². The normalized spacial score (nSPS) is 12.7. The van der Waals surface area contributed by atoms with Crippen LogP contribution in [0.15, 0.2) is 28.7 Å². The van der Waals surface area contributed by atoms with E-state index in [4.69, 9.17) is 0 Å². The van der Waals surface area contributed by atoms with Gasteiger partial charge in [-0.25, -0.2) is 4.39 Å². The van der Waals surface area contributed by atoms with Crippen molar-refractivity contribution in [2.24, 2.45) is 0 Å². The van der Waals surface area contributed by atoms with Gasteiger partial charge in [0.1, 0.15) is 5.82 Å². The fourth-order valence-electron chi connectivity index (χ4n) is 1.81. The first-order valence-electron chi connectivity index (χ1n) is 5.41. The van der Waals surface area contributed by atoms with Crippen LogP contribution in [-0.4, -0.2) is 7.05 Å². The molecule has 0 aliphatic rings. The Balaban J connectivity index is 2.45. The van der Waals surface area contributed by atoms with Gasteiger partial charge in [-0.1, -0.05) is 6.07 Å². The fourth-order valence-corrected chi connectivity index (χ4v) is 4.29. The molecule has 1 nitrogen and oxygen atoms in total. The summed E-state index contributed by atoms with van der Waals surface area (Å²) in [5, 5.41) is 3.30. The zero-order chi connectivity index (χ0) is 13.3. The minimum absolute atomic E-state index is 0.104. The summed E-state index contributed by atoms with van der Waals surface area (Å²) in [7, 11) is 1.92. The third-order valence-electron chi connectivity index (χ3n) is 2.72. The van der Waals surface area contributed by atoms with Gasteiger partial charge in [-0.15, -0.1) is 11.3 Å². The molecule has 96 valence electrons. The van der Waals surface area contributed by atoms with Crippen LogP contribution in [0.2, 0.25) is 0 Å². The van der Waals surface area contributed by atoms with Gasteiger partial charge in [0.25, 0.3) is 0 Å². The van der Waals surface area contributed by atoms with Crippen LogP contribution in [0.4, 0.5) is 4.39 Å². The van der Waals surface area contributed by atoms with Gasteiger partial charge in [0.05, 0.1) is 6.04 Å². The second kappa shape index (κ2) is 5.98. The minimum atomic E-state index is -0.193. The molecule has 2 rings (SSSR count). The first-order chi connectivity index (χ1) is 8.52. The van der Waals surface area contributed by atoms with Crippen LogP contribution < -0.4 is 5.32 Å². The maximum absolute atomic E-state index is 13.2. The Hall–Kier alpha value is 0.0200. The number of thiophene rings is 1.